The molecule has 0 spiro atoms. The lowest BCUT2D eigenvalue weighted by atomic mass is 9.91. The molecule has 0 bridgehead atoms. The molecule has 1 aromatic rings. The molecule has 118 valence electrons. The highest BCUT2D eigenvalue weighted by Crippen LogP contribution is 2.32. The van der Waals surface area contributed by atoms with Gasteiger partial charge in [0.1, 0.15) is 5.75 Å². The molecule has 0 saturated carbocycles. The van der Waals surface area contributed by atoms with Crippen LogP contribution >= 0.6 is 0 Å². The Morgan fingerprint density at radius 3 is 3.00 bits per heavy atom. The van der Waals surface area contributed by atoms with Gasteiger partial charge in [-0.3, -0.25) is 4.98 Å². The molecule has 1 aliphatic heterocycles. The van der Waals surface area contributed by atoms with Crippen LogP contribution in [0, 0.1) is 5.92 Å². The van der Waals surface area contributed by atoms with Gasteiger partial charge in [0.25, 0.3) is 0 Å². The summed E-state index contributed by atoms with van der Waals surface area (Å²) in [5.74, 6) is 0.710. The fraction of sp³-hybridized carbons (Fsp3) is 0.643. The van der Waals surface area contributed by atoms with Gasteiger partial charge in [0.15, 0.2) is 0 Å². The largest absolute Gasteiger partial charge is 0.495 e. The Balaban J connectivity index is 2.04. The first-order valence-electron chi connectivity index (χ1n) is 7.03. The number of hydrogen-bond donors (Lipinski definition) is 1. The lowest BCUT2D eigenvalue weighted by Gasteiger charge is -2.32. The summed E-state index contributed by atoms with van der Waals surface area (Å²) in [7, 11) is -1.61. The van der Waals surface area contributed by atoms with E-state index in [0.29, 0.717) is 30.8 Å². The average Bonchev–Trinajstić information content (AvgIpc) is 2.46. The first kappa shape index (κ1) is 16.2. The predicted octanol–water partition coefficient (Wildman–Crippen LogP) is 1.19. The third kappa shape index (κ3) is 4.15. The van der Waals surface area contributed by atoms with Crippen molar-refractivity contribution in [1.82, 2.24) is 9.29 Å². The average molecular weight is 314 g/mol. The molecule has 7 heteroatoms. The highest BCUT2D eigenvalue weighted by atomic mass is 32.2. The van der Waals surface area contributed by atoms with Gasteiger partial charge in [-0.05, 0) is 31.2 Å². The van der Waals surface area contributed by atoms with E-state index in [4.69, 9.17) is 4.74 Å². The van der Waals surface area contributed by atoms with E-state index in [1.165, 1.54) is 10.6 Å². The number of hydrogen-bond acceptors (Lipinski definition) is 5. The van der Waals surface area contributed by atoms with Crippen LogP contribution in [0.5, 0.6) is 5.75 Å². The van der Waals surface area contributed by atoms with Crippen LogP contribution in [-0.2, 0) is 10.0 Å². The lowest BCUT2D eigenvalue weighted by molar-refractivity contribution is 0.120. The first-order chi connectivity index (χ1) is 9.91. The van der Waals surface area contributed by atoms with Crippen molar-refractivity contribution in [3.05, 3.63) is 24.0 Å². The second-order valence-corrected chi connectivity index (χ2v) is 7.48. The van der Waals surface area contributed by atoms with Crippen LogP contribution in [0.2, 0.25) is 0 Å². The number of piperidine rings is 1. The number of methoxy groups -OCH3 is 1. The monoisotopic (exact) mass is 314 g/mol. The van der Waals surface area contributed by atoms with Gasteiger partial charge in [-0.15, -0.1) is 0 Å². The van der Waals surface area contributed by atoms with Gasteiger partial charge in [-0.2, -0.15) is 0 Å². The highest BCUT2D eigenvalue weighted by Gasteiger charge is 2.28. The highest BCUT2D eigenvalue weighted by molar-refractivity contribution is 7.88. The molecule has 2 rings (SSSR count). The minimum Gasteiger partial charge on any atom is -0.495 e. The molecule has 21 heavy (non-hydrogen) atoms. The van der Waals surface area contributed by atoms with Crippen LogP contribution in [-0.4, -0.2) is 49.3 Å². The van der Waals surface area contributed by atoms with Crippen molar-refractivity contribution >= 4 is 10.0 Å². The number of aromatic nitrogens is 1. The molecule has 1 saturated heterocycles. The van der Waals surface area contributed by atoms with E-state index in [-0.39, 0.29) is 5.92 Å². The summed E-state index contributed by atoms with van der Waals surface area (Å²) in [5.41, 5.74) is 0.698. The zero-order valence-electron chi connectivity index (χ0n) is 12.4. The maximum atomic E-state index is 11.6. The molecule has 2 unspecified atom stereocenters. The Labute approximate surface area is 125 Å². The number of ether oxygens (including phenoxy) is 1. The summed E-state index contributed by atoms with van der Waals surface area (Å²) >= 11 is 0. The third-order valence-electron chi connectivity index (χ3n) is 3.90. The van der Waals surface area contributed by atoms with Crippen LogP contribution < -0.4 is 4.74 Å². The predicted molar refractivity (Wildman–Crippen MR) is 79.5 cm³/mol. The Bertz CT molecular complexity index is 576. The SMILES string of the molecule is COc1cnccc1C(O)CC1CCCN(S(C)(=O)=O)C1. The third-order valence-corrected chi connectivity index (χ3v) is 5.17. The van der Waals surface area contributed by atoms with Crippen molar-refractivity contribution in [3.63, 3.8) is 0 Å². The van der Waals surface area contributed by atoms with Crippen molar-refractivity contribution in [2.75, 3.05) is 26.5 Å². The van der Waals surface area contributed by atoms with E-state index >= 15 is 0 Å². The maximum absolute atomic E-state index is 11.6. The van der Waals surface area contributed by atoms with Crippen LogP contribution in [0.15, 0.2) is 18.5 Å². The van der Waals surface area contributed by atoms with Gasteiger partial charge in [-0.25, -0.2) is 12.7 Å². The number of sulfonamides is 1. The van der Waals surface area contributed by atoms with Crippen molar-refractivity contribution in [3.8, 4) is 5.75 Å². The molecule has 0 radical (unpaired) electrons. The Morgan fingerprint density at radius 2 is 2.33 bits per heavy atom. The zero-order valence-corrected chi connectivity index (χ0v) is 13.2. The first-order valence-corrected chi connectivity index (χ1v) is 8.87. The molecule has 1 aromatic heterocycles. The molecule has 0 aromatic carbocycles. The minimum atomic E-state index is -3.16. The fourth-order valence-corrected chi connectivity index (χ4v) is 3.74. The van der Waals surface area contributed by atoms with E-state index < -0.39 is 16.1 Å². The number of rotatable bonds is 5. The molecule has 1 fully saturated rings. The molecular weight excluding hydrogens is 292 g/mol. The number of aliphatic hydroxyl groups is 1. The summed E-state index contributed by atoms with van der Waals surface area (Å²) in [6.45, 7) is 1.05. The number of nitrogens with zero attached hydrogens (tertiary/aromatic N) is 2. The van der Waals surface area contributed by atoms with Gasteiger partial charge >= 0.3 is 0 Å². The van der Waals surface area contributed by atoms with Crippen molar-refractivity contribution < 1.29 is 18.3 Å². The van der Waals surface area contributed by atoms with Crippen LogP contribution in [0.3, 0.4) is 0 Å². The summed E-state index contributed by atoms with van der Waals surface area (Å²) in [5, 5.41) is 10.4. The Morgan fingerprint density at radius 1 is 1.57 bits per heavy atom. The lowest BCUT2D eigenvalue weighted by Crippen LogP contribution is -2.39. The molecule has 6 nitrogen and oxygen atoms in total. The molecular formula is C14H22N2O4S. The standard InChI is InChI=1S/C14H22N2O4S/c1-20-14-9-15-6-5-12(14)13(17)8-11-4-3-7-16(10-11)21(2,18)19/h5-6,9,11,13,17H,3-4,7-8,10H2,1-2H3. The number of aliphatic hydroxyl groups excluding tert-OH is 1. The summed E-state index contributed by atoms with van der Waals surface area (Å²) in [6, 6.07) is 1.74. The van der Waals surface area contributed by atoms with Crippen LogP contribution in [0.25, 0.3) is 0 Å². The van der Waals surface area contributed by atoms with Gasteiger partial charge in [0.05, 0.1) is 25.7 Å². The Kier molecular flexibility index (Phi) is 5.18. The maximum Gasteiger partial charge on any atom is 0.211 e. The summed E-state index contributed by atoms with van der Waals surface area (Å²) < 4.78 is 29.9. The van der Waals surface area contributed by atoms with E-state index in [1.807, 2.05) is 0 Å². The van der Waals surface area contributed by atoms with Crippen molar-refractivity contribution in [1.29, 1.82) is 0 Å². The topological polar surface area (TPSA) is 79.7 Å². The van der Waals surface area contributed by atoms with Crippen LogP contribution in [0.1, 0.15) is 30.9 Å². The normalized spacial score (nSPS) is 22.0. The molecule has 0 amide bonds. The number of pyridine rings is 1. The zero-order chi connectivity index (χ0) is 15.5. The summed E-state index contributed by atoms with van der Waals surface area (Å²) in [6.07, 6.45) is 6.03. The Hall–Kier alpha value is -1.18. The molecule has 1 N–H and O–H groups in total. The smallest absolute Gasteiger partial charge is 0.211 e. The van der Waals surface area contributed by atoms with E-state index in [1.54, 1.807) is 25.6 Å². The molecule has 1 aliphatic rings. The van der Waals surface area contributed by atoms with E-state index in [0.717, 1.165) is 12.8 Å². The van der Waals surface area contributed by atoms with Gasteiger partial charge in [0, 0.05) is 24.8 Å². The van der Waals surface area contributed by atoms with Gasteiger partial charge < -0.3 is 9.84 Å². The van der Waals surface area contributed by atoms with Crippen molar-refractivity contribution in [2.45, 2.75) is 25.4 Å². The fourth-order valence-electron chi connectivity index (χ4n) is 2.80. The molecule has 0 aliphatic carbocycles. The minimum absolute atomic E-state index is 0.154. The van der Waals surface area contributed by atoms with Crippen molar-refractivity contribution in [2.24, 2.45) is 5.92 Å². The molecule has 2 heterocycles. The second kappa shape index (κ2) is 6.72. The van der Waals surface area contributed by atoms with E-state index in [2.05, 4.69) is 4.98 Å². The summed E-state index contributed by atoms with van der Waals surface area (Å²) in [4.78, 5) is 3.97. The van der Waals surface area contributed by atoms with Gasteiger partial charge in [-0.1, -0.05) is 0 Å². The van der Waals surface area contributed by atoms with Crippen LogP contribution in [0.4, 0.5) is 0 Å². The van der Waals surface area contributed by atoms with E-state index in [9.17, 15) is 13.5 Å². The molecule has 2 atom stereocenters. The quantitative estimate of drug-likeness (QED) is 0.883. The van der Waals surface area contributed by atoms with Gasteiger partial charge in [0.2, 0.25) is 10.0 Å². The second-order valence-electron chi connectivity index (χ2n) is 5.50.